The molecule has 1 aromatic carbocycles. The van der Waals surface area contributed by atoms with E-state index < -0.39 is 17.3 Å². The lowest BCUT2D eigenvalue weighted by molar-refractivity contribution is 0.0993. The second-order valence-corrected chi connectivity index (χ2v) is 5.15. The molecule has 0 fully saturated rings. The number of nitrogens with two attached hydrogens (primary N) is 1. The van der Waals surface area contributed by atoms with Crippen LogP contribution < -0.4 is 10.5 Å². The summed E-state index contributed by atoms with van der Waals surface area (Å²) in [7, 11) is 1.53. The van der Waals surface area contributed by atoms with E-state index in [1.807, 2.05) is 0 Å². The smallest absolute Gasteiger partial charge is 0.270 e. The van der Waals surface area contributed by atoms with Gasteiger partial charge in [-0.1, -0.05) is 11.6 Å². The van der Waals surface area contributed by atoms with Crippen LogP contribution in [0.1, 0.15) is 10.5 Å². The molecule has 1 atom stereocenters. The van der Waals surface area contributed by atoms with Crippen LogP contribution in [0, 0.1) is 0 Å². The molecule has 1 aromatic heterocycles. The predicted molar refractivity (Wildman–Crippen MR) is 67.3 cm³/mol. The Morgan fingerprint density at radius 3 is 2.88 bits per heavy atom. The van der Waals surface area contributed by atoms with Crippen LogP contribution in [-0.2, 0) is 11.4 Å². The number of carbonyl (C=O) groups is 1. The highest BCUT2D eigenvalue weighted by molar-refractivity contribution is 7.89. The van der Waals surface area contributed by atoms with E-state index in [9.17, 15) is 9.35 Å². The lowest BCUT2D eigenvalue weighted by Gasteiger charge is -2.07. The van der Waals surface area contributed by atoms with Gasteiger partial charge in [0.1, 0.15) is 0 Å². The maximum atomic E-state index is 11.9. The number of H-pyrrole nitrogens is 1. The summed E-state index contributed by atoms with van der Waals surface area (Å²) in [5, 5.41) is 1.13. The van der Waals surface area contributed by atoms with Crippen LogP contribution >= 0.6 is 11.6 Å². The van der Waals surface area contributed by atoms with E-state index in [2.05, 4.69) is 9.71 Å². The van der Waals surface area contributed by atoms with Gasteiger partial charge >= 0.3 is 0 Å². The molecule has 0 spiro atoms. The van der Waals surface area contributed by atoms with Gasteiger partial charge in [-0.15, -0.1) is 4.72 Å². The lowest BCUT2D eigenvalue weighted by atomic mass is 10.2. The quantitative estimate of drug-likeness (QED) is 0.731. The van der Waals surface area contributed by atoms with Gasteiger partial charge in [-0.05, 0) is 18.2 Å². The van der Waals surface area contributed by atoms with Crippen LogP contribution in [0.4, 0.5) is 0 Å². The monoisotopic (exact) mass is 271 g/mol. The Hall–Kier alpha value is -1.21. The first-order valence-electron chi connectivity index (χ1n) is 4.74. The highest BCUT2D eigenvalue weighted by Gasteiger charge is 2.25. The second-order valence-electron chi connectivity index (χ2n) is 3.36. The van der Waals surface area contributed by atoms with E-state index in [-0.39, 0.29) is 5.69 Å². The number of benzene rings is 1. The van der Waals surface area contributed by atoms with E-state index in [4.69, 9.17) is 17.3 Å². The van der Waals surface area contributed by atoms with Crippen molar-refractivity contribution in [2.24, 2.45) is 5.73 Å². The average Bonchev–Trinajstić information content (AvgIpc) is 2.66. The summed E-state index contributed by atoms with van der Waals surface area (Å²) in [5.74, 6) is -0.657. The van der Waals surface area contributed by atoms with Crippen LogP contribution in [-0.4, -0.2) is 22.5 Å². The first-order valence-corrected chi connectivity index (χ1v) is 6.27. The van der Waals surface area contributed by atoms with Crippen molar-refractivity contribution in [3.8, 4) is 0 Å². The molecular weight excluding hydrogens is 262 g/mol. The number of carbonyl (C=O) groups excluding carboxylic acids is 1. The molecule has 2 rings (SSSR count). The van der Waals surface area contributed by atoms with Crippen LogP contribution in [0.5, 0.6) is 0 Å². The molecule has 0 aliphatic carbocycles. The van der Waals surface area contributed by atoms with E-state index in [1.165, 1.54) is 7.05 Å². The molecule has 0 radical (unpaired) electrons. The number of primary amides is 1. The Balaban J connectivity index is 2.77. The van der Waals surface area contributed by atoms with Crippen molar-refractivity contribution in [1.82, 2.24) is 9.71 Å². The van der Waals surface area contributed by atoms with E-state index in [1.54, 1.807) is 18.2 Å². The minimum atomic E-state index is -1.51. The number of halogens is 1. The number of hydrogen-bond acceptors (Lipinski definition) is 3. The van der Waals surface area contributed by atoms with Gasteiger partial charge in [0.2, 0.25) is 4.90 Å². The Bertz CT molecular complexity index is 584. The van der Waals surface area contributed by atoms with Crippen LogP contribution in [0.2, 0.25) is 5.02 Å². The molecule has 0 aliphatic rings. The average molecular weight is 272 g/mol. The molecule has 7 heteroatoms. The molecular formula is C10H10ClN3O2S. The molecule has 90 valence electrons. The number of nitrogens with one attached hydrogen (secondary N) is 2. The Labute approximate surface area is 106 Å². The molecule has 2 aromatic rings. The zero-order valence-corrected chi connectivity index (χ0v) is 10.5. The highest BCUT2D eigenvalue weighted by atomic mass is 35.5. The maximum absolute atomic E-state index is 11.9. The molecule has 4 N–H and O–H groups in total. The summed E-state index contributed by atoms with van der Waals surface area (Å²) in [6.07, 6.45) is 0. The Morgan fingerprint density at radius 2 is 2.29 bits per heavy atom. The molecule has 0 aliphatic heterocycles. The number of rotatable bonds is 3. The minimum Gasteiger partial charge on any atom is -0.593 e. The van der Waals surface area contributed by atoms with Crippen LogP contribution in [0.25, 0.3) is 10.9 Å². The number of amides is 1. The highest BCUT2D eigenvalue weighted by Crippen LogP contribution is 2.28. The SMILES string of the molecule is CN[S+]([O-])c1c(C(N)=O)[nH]c2ccc(Cl)cc12. The van der Waals surface area contributed by atoms with Crippen molar-refractivity contribution in [3.63, 3.8) is 0 Å². The number of hydrogen-bond donors (Lipinski definition) is 3. The van der Waals surface area contributed by atoms with Gasteiger partial charge in [-0.3, -0.25) is 4.79 Å². The molecule has 0 saturated carbocycles. The minimum absolute atomic E-state index is 0.134. The largest absolute Gasteiger partial charge is 0.593 e. The predicted octanol–water partition coefficient (Wildman–Crippen LogP) is 1.16. The second kappa shape index (κ2) is 4.58. The fourth-order valence-corrected chi connectivity index (χ4v) is 2.69. The first-order chi connectivity index (χ1) is 8.04. The number of aromatic nitrogens is 1. The topological polar surface area (TPSA) is 94.0 Å². The van der Waals surface area contributed by atoms with Crippen molar-refractivity contribution in [3.05, 3.63) is 28.9 Å². The van der Waals surface area contributed by atoms with Gasteiger partial charge in [0.25, 0.3) is 5.91 Å². The van der Waals surface area contributed by atoms with E-state index in [0.29, 0.717) is 20.8 Å². The van der Waals surface area contributed by atoms with Crippen molar-refractivity contribution in [2.75, 3.05) is 7.05 Å². The molecule has 0 saturated heterocycles. The lowest BCUT2D eigenvalue weighted by Crippen LogP contribution is -2.23. The summed E-state index contributed by atoms with van der Waals surface area (Å²) < 4.78 is 14.4. The molecule has 17 heavy (non-hydrogen) atoms. The summed E-state index contributed by atoms with van der Waals surface area (Å²) in [6, 6.07) is 5.03. The van der Waals surface area contributed by atoms with Crippen LogP contribution in [0.3, 0.4) is 0 Å². The van der Waals surface area contributed by atoms with Crippen LogP contribution in [0.15, 0.2) is 23.1 Å². The molecule has 5 nitrogen and oxygen atoms in total. The third-order valence-electron chi connectivity index (χ3n) is 2.33. The maximum Gasteiger partial charge on any atom is 0.270 e. The fraction of sp³-hybridized carbons (Fsp3) is 0.100. The van der Waals surface area contributed by atoms with E-state index >= 15 is 0 Å². The fourth-order valence-electron chi connectivity index (χ4n) is 1.61. The third kappa shape index (κ3) is 2.12. The molecule has 1 heterocycles. The van der Waals surface area contributed by atoms with Gasteiger partial charge in [0.15, 0.2) is 5.69 Å². The normalized spacial score (nSPS) is 12.9. The zero-order chi connectivity index (χ0) is 12.6. The van der Waals surface area contributed by atoms with Crippen molar-refractivity contribution < 1.29 is 9.35 Å². The standard InChI is InChI=1S/C10H10ClN3O2S/c1-13-17(16)9-6-4-5(11)2-3-7(6)14-8(9)10(12)15/h2-4,13-14H,1H3,(H2,12,15). The van der Waals surface area contributed by atoms with Gasteiger partial charge in [-0.2, -0.15) is 0 Å². The Morgan fingerprint density at radius 1 is 1.59 bits per heavy atom. The summed E-state index contributed by atoms with van der Waals surface area (Å²) in [5.41, 5.74) is 6.05. The Kier molecular flexibility index (Phi) is 3.30. The van der Waals surface area contributed by atoms with Gasteiger partial charge in [0, 0.05) is 12.1 Å². The zero-order valence-electron chi connectivity index (χ0n) is 8.91. The molecule has 1 amide bonds. The molecule has 0 bridgehead atoms. The van der Waals surface area contributed by atoms with Crippen molar-refractivity contribution >= 4 is 39.8 Å². The van der Waals surface area contributed by atoms with Crippen molar-refractivity contribution in [1.29, 1.82) is 0 Å². The summed E-state index contributed by atoms with van der Waals surface area (Å²) in [4.78, 5) is 14.5. The summed E-state index contributed by atoms with van der Waals surface area (Å²) in [6.45, 7) is 0. The molecule has 1 unspecified atom stereocenters. The van der Waals surface area contributed by atoms with Gasteiger partial charge < -0.3 is 15.3 Å². The third-order valence-corrected chi connectivity index (χ3v) is 3.73. The van der Waals surface area contributed by atoms with E-state index in [0.717, 1.165) is 0 Å². The van der Waals surface area contributed by atoms with Gasteiger partial charge in [-0.25, -0.2) is 0 Å². The van der Waals surface area contributed by atoms with Gasteiger partial charge in [0.05, 0.1) is 22.3 Å². The number of fused-ring (bicyclic) bond motifs is 1. The van der Waals surface area contributed by atoms with Crippen molar-refractivity contribution in [2.45, 2.75) is 4.90 Å². The first kappa shape index (κ1) is 12.3. The summed E-state index contributed by atoms with van der Waals surface area (Å²) >= 11 is 4.36. The number of aromatic amines is 1.